The highest BCUT2D eigenvalue weighted by Crippen LogP contribution is 2.34. The van der Waals surface area contributed by atoms with Gasteiger partial charge in [0, 0.05) is 5.56 Å². The smallest absolute Gasteiger partial charge is 0.183 e. The zero-order valence-corrected chi connectivity index (χ0v) is 8.42. The van der Waals surface area contributed by atoms with Crippen molar-refractivity contribution in [2.75, 3.05) is 5.73 Å². The summed E-state index contributed by atoms with van der Waals surface area (Å²) in [6, 6.07) is 0. The molecule has 0 aliphatic heterocycles. The third-order valence-electron chi connectivity index (χ3n) is 1.92. The predicted octanol–water partition coefficient (Wildman–Crippen LogP) is 3.46. The van der Waals surface area contributed by atoms with Crippen LogP contribution in [0.25, 0.3) is 0 Å². The molecule has 1 rings (SSSR count). The summed E-state index contributed by atoms with van der Waals surface area (Å²) >= 11 is 5.26. The Bertz CT molecular complexity index is 348. The first-order chi connectivity index (χ1) is 6.37. The molecular weight excluding hydrogens is 215 g/mol. The summed E-state index contributed by atoms with van der Waals surface area (Å²) < 4.78 is 39.2. The van der Waals surface area contributed by atoms with Crippen LogP contribution in [0.2, 0.25) is 5.02 Å². The minimum Gasteiger partial charge on any atom is -0.396 e. The molecule has 0 amide bonds. The number of hydrogen-bond donors (Lipinski definition) is 1. The fraction of sp³-hybridized carbons (Fsp3) is 0.333. The lowest BCUT2D eigenvalue weighted by Crippen LogP contribution is -2.07. The van der Waals surface area contributed by atoms with Gasteiger partial charge in [-0.15, -0.1) is 0 Å². The second-order valence-corrected chi connectivity index (χ2v) is 3.62. The SMILES string of the molecule is CC(C)c1c(N)c(F)c(F)c(Cl)c1F. The molecule has 78 valence electrons. The molecular formula is C9H9ClF3N. The van der Waals surface area contributed by atoms with Crippen molar-refractivity contribution in [2.24, 2.45) is 0 Å². The first-order valence-electron chi connectivity index (χ1n) is 3.99. The van der Waals surface area contributed by atoms with Crippen molar-refractivity contribution in [3.05, 3.63) is 28.0 Å². The van der Waals surface area contributed by atoms with E-state index < -0.39 is 28.2 Å². The molecule has 1 aromatic rings. The molecule has 0 heterocycles. The largest absolute Gasteiger partial charge is 0.396 e. The molecule has 14 heavy (non-hydrogen) atoms. The van der Waals surface area contributed by atoms with E-state index in [-0.39, 0.29) is 11.5 Å². The number of nitrogen functional groups attached to an aromatic ring is 1. The summed E-state index contributed by atoms with van der Waals surface area (Å²) in [4.78, 5) is 0. The summed E-state index contributed by atoms with van der Waals surface area (Å²) in [7, 11) is 0. The van der Waals surface area contributed by atoms with Crippen LogP contribution < -0.4 is 5.73 Å². The van der Waals surface area contributed by atoms with Crippen molar-refractivity contribution >= 4 is 17.3 Å². The highest BCUT2D eigenvalue weighted by atomic mass is 35.5. The van der Waals surface area contributed by atoms with Crippen molar-refractivity contribution < 1.29 is 13.2 Å². The fourth-order valence-corrected chi connectivity index (χ4v) is 1.41. The average Bonchev–Trinajstić information content (AvgIpc) is 2.11. The Morgan fingerprint density at radius 2 is 1.57 bits per heavy atom. The third kappa shape index (κ3) is 1.54. The molecule has 0 saturated carbocycles. The number of rotatable bonds is 1. The normalized spacial score (nSPS) is 11.1. The topological polar surface area (TPSA) is 26.0 Å². The lowest BCUT2D eigenvalue weighted by Gasteiger charge is -2.13. The van der Waals surface area contributed by atoms with Gasteiger partial charge in [0.15, 0.2) is 17.5 Å². The maximum absolute atomic E-state index is 13.3. The number of benzene rings is 1. The molecule has 0 unspecified atom stereocenters. The molecule has 5 heteroatoms. The summed E-state index contributed by atoms with van der Waals surface area (Å²) in [5.41, 5.74) is 4.64. The lowest BCUT2D eigenvalue weighted by atomic mass is 10.00. The van der Waals surface area contributed by atoms with Crippen LogP contribution in [0.3, 0.4) is 0 Å². The van der Waals surface area contributed by atoms with Crippen LogP contribution in [-0.4, -0.2) is 0 Å². The molecule has 1 aromatic carbocycles. The van der Waals surface area contributed by atoms with Gasteiger partial charge in [-0.2, -0.15) is 0 Å². The van der Waals surface area contributed by atoms with Gasteiger partial charge in [0.2, 0.25) is 0 Å². The zero-order chi connectivity index (χ0) is 11.0. The first-order valence-corrected chi connectivity index (χ1v) is 4.37. The molecule has 2 N–H and O–H groups in total. The quantitative estimate of drug-likeness (QED) is 0.440. The second kappa shape index (κ2) is 3.69. The maximum Gasteiger partial charge on any atom is 0.183 e. The van der Waals surface area contributed by atoms with E-state index in [2.05, 4.69) is 0 Å². The van der Waals surface area contributed by atoms with Gasteiger partial charge in [-0.3, -0.25) is 0 Å². The number of halogens is 4. The van der Waals surface area contributed by atoms with Crippen molar-refractivity contribution in [1.29, 1.82) is 0 Å². The van der Waals surface area contributed by atoms with E-state index in [1.165, 1.54) is 0 Å². The summed E-state index contributed by atoms with van der Waals surface area (Å²) in [5, 5.41) is -0.847. The van der Waals surface area contributed by atoms with Crippen LogP contribution in [-0.2, 0) is 0 Å². The van der Waals surface area contributed by atoms with Crippen molar-refractivity contribution in [1.82, 2.24) is 0 Å². The average molecular weight is 224 g/mol. The molecule has 0 aliphatic carbocycles. The molecule has 0 aliphatic rings. The highest BCUT2D eigenvalue weighted by Gasteiger charge is 2.23. The van der Waals surface area contributed by atoms with E-state index in [1.54, 1.807) is 13.8 Å². The van der Waals surface area contributed by atoms with Gasteiger partial charge in [0.1, 0.15) is 5.02 Å². The highest BCUT2D eigenvalue weighted by molar-refractivity contribution is 6.31. The van der Waals surface area contributed by atoms with Gasteiger partial charge in [0.05, 0.1) is 5.69 Å². The molecule has 0 atom stereocenters. The first kappa shape index (κ1) is 11.2. The zero-order valence-electron chi connectivity index (χ0n) is 7.67. The van der Waals surface area contributed by atoms with E-state index in [0.717, 1.165) is 0 Å². The molecule has 0 spiro atoms. The van der Waals surface area contributed by atoms with Gasteiger partial charge in [-0.25, -0.2) is 13.2 Å². The van der Waals surface area contributed by atoms with Crippen molar-refractivity contribution in [3.8, 4) is 0 Å². The van der Waals surface area contributed by atoms with Gasteiger partial charge < -0.3 is 5.73 Å². The van der Waals surface area contributed by atoms with Crippen LogP contribution in [0.15, 0.2) is 0 Å². The van der Waals surface area contributed by atoms with Crippen molar-refractivity contribution in [2.45, 2.75) is 19.8 Å². The van der Waals surface area contributed by atoms with E-state index in [1.807, 2.05) is 0 Å². The van der Waals surface area contributed by atoms with Crippen LogP contribution >= 0.6 is 11.6 Å². The second-order valence-electron chi connectivity index (χ2n) is 3.24. The van der Waals surface area contributed by atoms with Gasteiger partial charge >= 0.3 is 0 Å². The molecule has 0 saturated heterocycles. The standard InChI is InChI=1S/C9H9ClF3N/c1-3(2)4-6(11)5(10)7(12)8(13)9(4)14/h3H,14H2,1-2H3. The molecule has 1 nitrogen and oxygen atoms in total. The number of hydrogen-bond acceptors (Lipinski definition) is 1. The van der Waals surface area contributed by atoms with Crippen LogP contribution in [0.5, 0.6) is 0 Å². The predicted molar refractivity (Wildman–Crippen MR) is 49.8 cm³/mol. The molecule has 0 aromatic heterocycles. The number of anilines is 1. The minimum atomic E-state index is -1.44. The van der Waals surface area contributed by atoms with E-state index in [0.29, 0.717) is 0 Å². The fourth-order valence-electron chi connectivity index (χ4n) is 1.23. The number of nitrogens with two attached hydrogens (primary N) is 1. The molecule has 0 fully saturated rings. The Kier molecular flexibility index (Phi) is 2.95. The van der Waals surface area contributed by atoms with Gasteiger partial charge in [-0.1, -0.05) is 25.4 Å². The van der Waals surface area contributed by atoms with Gasteiger partial charge in [-0.05, 0) is 5.92 Å². The Labute approximate surface area is 84.7 Å². The Morgan fingerprint density at radius 3 is 2.00 bits per heavy atom. The molecule has 0 bridgehead atoms. The Morgan fingerprint density at radius 1 is 1.07 bits per heavy atom. The monoisotopic (exact) mass is 223 g/mol. The minimum absolute atomic E-state index is 0.0890. The Balaban J connectivity index is 3.60. The van der Waals surface area contributed by atoms with E-state index >= 15 is 0 Å². The summed E-state index contributed by atoms with van der Waals surface area (Å²) in [6.45, 7) is 3.23. The summed E-state index contributed by atoms with van der Waals surface area (Å²) in [5.74, 6) is -4.08. The van der Waals surface area contributed by atoms with Crippen LogP contribution in [0.4, 0.5) is 18.9 Å². The third-order valence-corrected chi connectivity index (χ3v) is 2.25. The van der Waals surface area contributed by atoms with E-state index in [9.17, 15) is 13.2 Å². The maximum atomic E-state index is 13.3. The van der Waals surface area contributed by atoms with Crippen LogP contribution in [0.1, 0.15) is 25.3 Å². The van der Waals surface area contributed by atoms with Crippen LogP contribution in [0, 0.1) is 17.5 Å². The molecule has 0 radical (unpaired) electrons. The summed E-state index contributed by atoms with van der Waals surface area (Å²) in [6.07, 6.45) is 0. The lowest BCUT2D eigenvalue weighted by molar-refractivity contribution is 0.492. The Hall–Kier alpha value is -0.900. The van der Waals surface area contributed by atoms with Crippen molar-refractivity contribution in [3.63, 3.8) is 0 Å². The van der Waals surface area contributed by atoms with Gasteiger partial charge in [0.25, 0.3) is 0 Å². The van der Waals surface area contributed by atoms with E-state index in [4.69, 9.17) is 17.3 Å².